The highest BCUT2D eigenvalue weighted by Gasteiger charge is 2.18. The van der Waals surface area contributed by atoms with Crippen LogP contribution in [0.25, 0.3) is 16.3 Å². The Morgan fingerprint density at radius 2 is 1.96 bits per heavy atom. The van der Waals surface area contributed by atoms with Crippen molar-refractivity contribution < 1.29 is 9.13 Å². The van der Waals surface area contributed by atoms with Crippen molar-refractivity contribution in [2.24, 2.45) is 0 Å². The molecule has 2 aromatic carbocycles. The van der Waals surface area contributed by atoms with Crippen molar-refractivity contribution in [2.45, 2.75) is 13.0 Å². The smallest absolute Gasteiger partial charge is 0.235 e. The number of benzene rings is 2. The molecule has 0 N–H and O–H groups in total. The lowest BCUT2D eigenvalue weighted by atomic mass is 10.2. The summed E-state index contributed by atoms with van der Waals surface area (Å²) in [5, 5.41) is 13.6. The lowest BCUT2D eigenvalue weighted by molar-refractivity contribution is 0.225. The Kier molecular flexibility index (Phi) is 4.10. The van der Waals surface area contributed by atoms with Crippen LogP contribution in [0.1, 0.15) is 18.0 Å². The number of fused-ring (bicyclic) bond motifs is 1. The first kappa shape index (κ1) is 16.0. The number of rotatable bonds is 4. The van der Waals surface area contributed by atoms with Crippen LogP contribution in [-0.4, -0.2) is 19.8 Å². The van der Waals surface area contributed by atoms with E-state index in [1.165, 1.54) is 23.5 Å². The minimum atomic E-state index is -0.477. The minimum absolute atomic E-state index is 0.0329. The monoisotopic (exact) mass is 374 g/mol. The van der Waals surface area contributed by atoms with Gasteiger partial charge in [-0.05, 0) is 37.3 Å². The molecule has 0 radical (unpaired) electrons. The van der Waals surface area contributed by atoms with Crippen LogP contribution in [0, 0.1) is 5.82 Å². The number of hydrogen-bond donors (Lipinski definition) is 0. The fraction of sp³-hybridized carbons (Fsp3) is 0.118. The van der Waals surface area contributed by atoms with E-state index in [0.717, 1.165) is 10.8 Å². The summed E-state index contributed by atoms with van der Waals surface area (Å²) < 4.78 is 20.9. The van der Waals surface area contributed by atoms with Crippen LogP contribution >= 0.6 is 22.9 Å². The molecular weight excluding hydrogens is 363 g/mol. The predicted octanol–water partition coefficient (Wildman–Crippen LogP) is 4.79. The van der Waals surface area contributed by atoms with Gasteiger partial charge in [0.25, 0.3) is 0 Å². The second-order valence-corrected chi connectivity index (χ2v) is 6.76. The van der Waals surface area contributed by atoms with E-state index >= 15 is 0 Å². The normalized spacial score (nSPS) is 12.4. The molecule has 4 aromatic rings. The molecule has 0 saturated carbocycles. The molecular formula is C17H12ClFN4OS. The van der Waals surface area contributed by atoms with E-state index < -0.39 is 5.82 Å². The zero-order valence-electron chi connectivity index (χ0n) is 13.1. The van der Waals surface area contributed by atoms with Crippen LogP contribution in [0.15, 0.2) is 48.5 Å². The molecule has 126 valence electrons. The van der Waals surface area contributed by atoms with Crippen LogP contribution in [0.4, 0.5) is 4.39 Å². The van der Waals surface area contributed by atoms with Gasteiger partial charge in [-0.1, -0.05) is 41.1 Å². The van der Waals surface area contributed by atoms with Crippen molar-refractivity contribution in [2.75, 3.05) is 0 Å². The number of ether oxygens (including phenoxy) is 1. The van der Waals surface area contributed by atoms with E-state index in [1.807, 2.05) is 37.3 Å². The fourth-order valence-electron chi connectivity index (χ4n) is 2.36. The number of para-hydroxylation sites is 1. The highest BCUT2D eigenvalue weighted by atomic mass is 35.5. The highest BCUT2D eigenvalue weighted by Crippen LogP contribution is 2.29. The number of hydrogen-bond acceptors (Lipinski definition) is 5. The Bertz CT molecular complexity index is 1030. The molecule has 25 heavy (non-hydrogen) atoms. The van der Waals surface area contributed by atoms with Gasteiger partial charge in [-0.2, -0.15) is 9.61 Å². The van der Waals surface area contributed by atoms with Crippen molar-refractivity contribution in [3.05, 3.63) is 64.4 Å². The summed E-state index contributed by atoms with van der Waals surface area (Å²) in [7, 11) is 0. The molecule has 2 heterocycles. The molecule has 8 heteroatoms. The molecule has 0 spiro atoms. The fourth-order valence-corrected chi connectivity index (χ4v) is 3.36. The molecule has 5 nitrogen and oxygen atoms in total. The van der Waals surface area contributed by atoms with Crippen LogP contribution in [0.5, 0.6) is 5.75 Å². The summed E-state index contributed by atoms with van der Waals surface area (Å²) >= 11 is 7.25. The predicted molar refractivity (Wildman–Crippen MR) is 94.5 cm³/mol. The third-order valence-electron chi connectivity index (χ3n) is 3.59. The van der Waals surface area contributed by atoms with E-state index in [0.29, 0.717) is 16.3 Å². The third kappa shape index (κ3) is 3.08. The van der Waals surface area contributed by atoms with Crippen LogP contribution in [-0.2, 0) is 0 Å². The largest absolute Gasteiger partial charge is 0.483 e. The second kappa shape index (κ2) is 6.42. The van der Waals surface area contributed by atoms with Crippen molar-refractivity contribution in [3.63, 3.8) is 0 Å². The molecule has 0 bridgehead atoms. The molecule has 0 unspecified atom stereocenters. The Balaban J connectivity index is 1.67. The van der Waals surface area contributed by atoms with Crippen molar-refractivity contribution in [1.82, 2.24) is 19.8 Å². The molecule has 0 saturated heterocycles. The molecule has 0 aliphatic heterocycles. The maximum Gasteiger partial charge on any atom is 0.235 e. The average Bonchev–Trinajstić information content (AvgIpc) is 3.19. The zero-order chi connectivity index (χ0) is 17.4. The standard InChI is InChI=1S/C17H12ClFN4OS/c1-10(24-12-5-3-2-4-6-12)16-22-23-15(20-21-17(23)25-16)11-7-8-14(19)13(18)9-11/h2-10H,1H3/t10-/m1/s1. The summed E-state index contributed by atoms with van der Waals surface area (Å²) in [4.78, 5) is 0.633. The quantitative estimate of drug-likeness (QED) is 0.515. The summed E-state index contributed by atoms with van der Waals surface area (Å²) in [5.74, 6) is 0.799. The first-order chi connectivity index (χ1) is 12.1. The van der Waals surface area contributed by atoms with E-state index in [2.05, 4.69) is 15.3 Å². The van der Waals surface area contributed by atoms with E-state index in [9.17, 15) is 4.39 Å². The molecule has 0 fully saturated rings. The topological polar surface area (TPSA) is 52.3 Å². The molecule has 2 aromatic heterocycles. The lowest BCUT2D eigenvalue weighted by Crippen LogP contribution is -2.03. The summed E-state index contributed by atoms with van der Waals surface area (Å²) in [6.45, 7) is 1.92. The van der Waals surface area contributed by atoms with Gasteiger partial charge >= 0.3 is 0 Å². The van der Waals surface area contributed by atoms with E-state index in [-0.39, 0.29) is 11.1 Å². The third-order valence-corrected chi connectivity index (χ3v) is 4.94. The lowest BCUT2D eigenvalue weighted by Gasteiger charge is -2.11. The Morgan fingerprint density at radius 3 is 2.72 bits per heavy atom. The van der Waals surface area contributed by atoms with Crippen molar-refractivity contribution in [1.29, 1.82) is 0 Å². The Labute approximate surface area is 151 Å². The molecule has 0 aliphatic rings. The second-order valence-electron chi connectivity index (χ2n) is 5.36. The van der Waals surface area contributed by atoms with Crippen LogP contribution in [0.3, 0.4) is 0 Å². The van der Waals surface area contributed by atoms with E-state index in [1.54, 1.807) is 10.6 Å². The molecule has 0 aliphatic carbocycles. The summed E-state index contributed by atoms with van der Waals surface area (Å²) in [5.41, 5.74) is 0.646. The molecule has 4 rings (SSSR count). The van der Waals surface area contributed by atoms with Crippen molar-refractivity contribution in [3.8, 4) is 17.1 Å². The van der Waals surface area contributed by atoms with Gasteiger partial charge < -0.3 is 4.74 Å². The van der Waals surface area contributed by atoms with E-state index in [4.69, 9.17) is 16.3 Å². The highest BCUT2D eigenvalue weighted by molar-refractivity contribution is 7.16. The number of aromatic nitrogens is 4. The summed E-state index contributed by atoms with van der Waals surface area (Å²) in [6.07, 6.45) is -0.237. The summed E-state index contributed by atoms with van der Waals surface area (Å²) in [6, 6.07) is 13.9. The van der Waals surface area contributed by atoms with Crippen LogP contribution in [0.2, 0.25) is 5.02 Å². The molecule has 0 amide bonds. The van der Waals surface area contributed by atoms with Gasteiger partial charge in [-0.3, -0.25) is 0 Å². The Morgan fingerprint density at radius 1 is 1.16 bits per heavy atom. The number of halogens is 2. The first-order valence-corrected chi connectivity index (χ1v) is 8.70. The SMILES string of the molecule is C[C@@H](Oc1ccccc1)c1nn2c(-c3ccc(F)c(Cl)c3)nnc2s1. The maximum absolute atomic E-state index is 13.4. The average molecular weight is 375 g/mol. The maximum atomic E-state index is 13.4. The molecule has 1 atom stereocenters. The Hall–Kier alpha value is -2.51. The van der Waals surface area contributed by atoms with Gasteiger partial charge in [0.2, 0.25) is 4.96 Å². The minimum Gasteiger partial charge on any atom is -0.483 e. The number of nitrogens with zero attached hydrogens (tertiary/aromatic N) is 4. The van der Waals surface area contributed by atoms with Gasteiger partial charge in [0, 0.05) is 5.56 Å². The van der Waals surface area contributed by atoms with Crippen LogP contribution < -0.4 is 4.74 Å². The zero-order valence-corrected chi connectivity index (χ0v) is 14.6. The first-order valence-electron chi connectivity index (χ1n) is 7.51. The van der Waals surface area contributed by atoms with Gasteiger partial charge in [0.05, 0.1) is 5.02 Å². The van der Waals surface area contributed by atoms with Gasteiger partial charge in [0.15, 0.2) is 10.8 Å². The van der Waals surface area contributed by atoms with Crippen molar-refractivity contribution >= 4 is 27.9 Å². The van der Waals surface area contributed by atoms with Gasteiger partial charge in [-0.15, -0.1) is 10.2 Å². The van der Waals surface area contributed by atoms with Gasteiger partial charge in [0.1, 0.15) is 17.7 Å². The van der Waals surface area contributed by atoms with Gasteiger partial charge in [-0.25, -0.2) is 4.39 Å².